The molecule has 4 heterocycles. The zero-order valence-electron chi connectivity index (χ0n) is 44.2. The molecule has 0 unspecified atom stereocenters. The number of rotatable bonds is 30. The number of nitrogens with one attached hydrogen (secondary N) is 8. The van der Waals surface area contributed by atoms with Crippen molar-refractivity contribution in [3.8, 4) is 0 Å². The van der Waals surface area contributed by atoms with Crippen LogP contribution >= 0.6 is 25.3 Å². The average Bonchev–Trinajstić information content (AvgIpc) is 4.06. The predicted octanol–water partition coefficient (Wildman–Crippen LogP) is 0.227. The van der Waals surface area contributed by atoms with E-state index in [4.69, 9.17) is 11.5 Å². The Hall–Kier alpha value is -7.84. The van der Waals surface area contributed by atoms with Gasteiger partial charge in [0.2, 0.25) is 41.4 Å². The maximum Gasteiger partial charge on any atom is 0.326 e. The summed E-state index contributed by atoms with van der Waals surface area (Å²) in [5, 5.41) is 38.2. The fourth-order valence-electron chi connectivity index (χ4n) is 9.05. The molecule has 14 N–H and O–H groups in total. The van der Waals surface area contributed by atoms with E-state index in [1.165, 1.54) is 26.4 Å². The van der Waals surface area contributed by atoms with E-state index in [0.717, 1.165) is 26.7 Å². The molecule has 25 heteroatoms. The zero-order valence-corrected chi connectivity index (χ0v) is 46.0. The number of nitrogens with zero attached hydrogens (tertiary/aromatic N) is 3. The molecule has 0 aliphatic heterocycles. The topological polar surface area (TPSA) is 362 Å². The highest BCUT2D eigenvalue weighted by molar-refractivity contribution is 7.80. The summed E-state index contributed by atoms with van der Waals surface area (Å²) in [6.45, 7) is 1.47. The van der Waals surface area contributed by atoms with E-state index in [1.54, 1.807) is 61.2 Å². The highest BCUT2D eigenvalue weighted by Gasteiger charge is 2.38. The number of carbonyl (C=O) groups excluding carboxylic acids is 7. The summed E-state index contributed by atoms with van der Waals surface area (Å²) >= 11 is 8.57. The Morgan fingerprint density at radius 2 is 1.09 bits per heavy atom. The number of amides is 7. The van der Waals surface area contributed by atoms with E-state index >= 15 is 4.79 Å². The second-order valence-electron chi connectivity index (χ2n) is 19.4. The minimum atomic E-state index is -1.71. The first kappa shape index (κ1) is 61.4. The van der Waals surface area contributed by atoms with Gasteiger partial charge in [-0.2, -0.15) is 25.3 Å². The lowest BCUT2D eigenvalue weighted by Gasteiger charge is -2.33. The molecule has 2 aromatic carbocycles. The van der Waals surface area contributed by atoms with Crippen LogP contribution in [0.25, 0.3) is 21.8 Å². The number of pyridine rings is 2. The van der Waals surface area contributed by atoms with E-state index in [9.17, 15) is 43.8 Å². The van der Waals surface area contributed by atoms with Gasteiger partial charge in [0, 0.05) is 96.8 Å². The number of fused-ring (bicyclic) bond motifs is 2. The molecule has 0 fully saturated rings. The molecule has 7 amide bonds. The van der Waals surface area contributed by atoms with Crippen LogP contribution in [0.4, 0.5) is 0 Å². The third kappa shape index (κ3) is 16.8. The molecule has 0 saturated heterocycles. The third-order valence-corrected chi connectivity index (χ3v) is 14.2. The first-order valence-electron chi connectivity index (χ1n) is 26.0. The molecule has 0 bridgehead atoms. The minimum Gasteiger partial charge on any atom is -0.480 e. The molecular formula is C55H69N13O10S2. The number of thiol groups is 2. The Kier molecular flexibility index (Phi) is 23.0. The number of benzene rings is 2. The van der Waals surface area contributed by atoms with E-state index in [0.29, 0.717) is 35.1 Å². The highest BCUT2D eigenvalue weighted by atomic mass is 32.1. The zero-order chi connectivity index (χ0) is 57.9. The quantitative estimate of drug-likeness (QED) is 0.0212. The lowest BCUT2D eigenvalue weighted by Crippen LogP contribution is -2.62. The van der Waals surface area contributed by atoms with Gasteiger partial charge >= 0.3 is 5.97 Å². The Morgan fingerprint density at radius 3 is 1.60 bits per heavy atom. The van der Waals surface area contributed by atoms with E-state index in [-0.39, 0.29) is 50.2 Å². The SMILES string of the molecule is C[C@@H](O)[C@H](NC(=O)[C@H](CCCCN)N(C)C(=O)[C@@H](Cc1c[nH]c2ccccc12)NC(=O)[C@H](Cc1cccnc1)NC(=O)[C@@H](CS)NC(=O)[C@@H](N)Cc1cccnc1)C(=O)N[C@@H](CS)C(=O)N[C@@H](Cc1c[nH]c2ccccc12)C(=O)O. The molecule has 6 aromatic rings. The lowest BCUT2D eigenvalue weighted by molar-refractivity contribution is -0.144. The van der Waals surface area contributed by atoms with Crippen LogP contribution in [0.2, 0.25) is 0 Å². The third-order valence-electron chi connectivity index (χ3n) is 13.5. The Morgan fingerprint density at radius 1 is 0.600 bits per heavy atom. The summed E-state index contributed by atoms with van der Waals surface area (Å²) < 4.78 is 0. The number of para-hydroxylation sites is 2. The van der Waals surface area contributed by atoms with Crippen LogP contribution < -0.4 is 43.4 Å². The van der Waals surface area contributed by atoms with Crippen molar-refractivity contribution >= 4 is 94.4 Å². The molecule has 9 atom stereocenters. The number of likely N-dealkylation sites (N-methyl/N-ethyl adjacent to an activating group) is 1. The molecule has 0 spiro atoms. The fraction of sp³-hybridized carbons (Fsp3) is 0.382. The number of carboxylic acids is 1. The molecule has 0 aliphatic rings. The number of hydrogen-bond donors (Lipinski definition) is 14. The smallest absolute Gasteiger partial charge is 0.326 e. The van der Waals surface area contributed by atoms with Crippen molar-refractivity contribution in [2.75, 3.05) is 25.1 Å². The van der Waals surface area contributed by atoms with Crippen molar-refractivity contribution in [2.24, 2.45) is 11.5 Å². The van der Waals surface area contributed by atoms with Crippen LogP contribution in [0.3, 0.4) is 0 Å². The molecule has 4 aromatic heterocycles. The molecule has 6 rings (SSSR count). The standard InChI is InChI=1S/C55H69N13O10S2/c1-31(69)47(53(75)66-45(30-80)51(73)64-43(55(77)78)24-35-28-61-40-16-6-4-14-37(35)40)67-52(74)46(17-7-8-18-56)68(2)54(76)42(23-34-27-60-39-15-5-3-13-36(34)39)63-49(71)41(22-33-12-10-20-59-26-33)62-50(72)44(29-79)65-48(70)38(57)21-32-11-9-19-58-25-32/h3-6,9-16,19-20,25-28,31,38,41-47,60-61,69,79-80H,7-8,17-18,21-24,29-30,56-57H2,1-2H3,(H,62,72)(H,63,71)(H,64,73)(H,65,70)(H,66,75)(H,67,74)(H,77,78)/t31-,38+,41+,42-,43+,44-,45+,46+,47+/m1/s1. The number of aromatic amines is 2. The normalized spacial score (nSPS) is 14.7. The largest absolute Gasteiger partial charge is 0.480 e. The lowest BCUT2D eigenvalue weighted by atomic mass is 10.00. The van der Waals surface area contributed by atoms with Crippen LogP contribution in [0.5, 0.6) is 0 Å². The maximum atomic E-state index is 15.1. The van der Waals surface area contributed by atoms with E-state index < -0.39 is 102 Å². The number of aliphatic carboxylic acids is 1. The van der Waals surface area contributed by atoms with Crippen molar-refractivity contribution < 1.29 is 48.6 Å². The maximum absolute atomic E-state index is 15.1. The van der Waals surface area contributed by atoms with Crippen molar-refractivity contribution in [1.29, 1.82) is 0 Å². The van der Waals surface area contributed by atoms with Gasteiger partial charge < -0.3 is 68.4 Å². The van der Waals surface area contributed by atoms with Crippen LogP contribution in [-0.4, -0.2) is 162 Å². The van der Waals surface area contributed by atoms with Gasteiger partial charge in [-0.3, -0.25) is 43.5 Å². The van der Waals surface area contributed by atoms with Crippen molar-refractivity contribution in [3.63, 3.8) is 0 Å². The second-order valence-corrected chi connectivity index (χ2v) is 20.1. The highest BCUT2D eigenvalue weighted by Crippen LogP contribution is 2.22. The average molecular weight is 1140 g/mol. The number of aliphatic hydroxyl groups excluding tert-OH is 1. The van der Waals surface area contributed by atoms with Crippen molar-refractivity contribution in [1.82, 2.24) is 56.7 Å². The number of unbranched alkanes of at least 4 members (excludes halogenated alkanes) is 1. The number of H-pyrrole nitrogens is 2. The van der Waals surface area contributed by atoms with Gasteiger partial charge in [-0.05, 0) is 85.7 Å². The number of hydrogen-bond acceptors (Lipinski definition) is 15. The van der Waals surface area contributed by atoms with Gasteiger partial charge in [-0.15, -0.1) is 0 Å². The number of nitrogens with two attached hydrogens (primary N) is 2. The summed E-state index contributed by atoms with van der Waals surface area (Å²) in [4.78, 5) is 127. The monoisotopic (exact) mass is 1140 g/mol. The Bertz CT molecular complexity index is 3070. The van der Waals surface area contributed by atoms with Gasteiger partial charge in [0.25, 0.3) is 0 Å². The molecule has 426 valence electrons. The molecule has 80 heavy (non-hydrogen) atoms. The molecule has 0 saturated carbocycles. The van der Waals surface area contributed by atoms with E-state index in [1.807, 2.05) is 36.4 Å². The molecule has 23 nitrogen and oxygen atoms in total. The summed E-state index contributed by atoms with van der Waals surface area (Å²) in [5.41, 5.74) is 16.0. The number of carbonyl (C=O) groups is 8. The molecule has 0 radical (unpaired) electrons. The summed E-state index contributed by atoms with van der Waals surface area (Å²) in [7, 11) is 1.35. The molecule has 0 aliphatic carbocycles. The van der Waals surface area contributed by atoms with Crippen LogP contribution in [-0.2, 0) is 64.0 Å². The van der Waals surface area contributed by atoms with Gasteiger partial charge in [-0.1, -0.05) is 48.5 Å². The Balaban J connectivity index is 1.22. The van der Waals surface area contributed by atoms with Gasteiger partial charge in [0.1, 0.15) is 42.3 Å². The minimum absolute atomic E-state index is 0.00424. The Labute approximate surface area is 472 Å². The first-order valence-corrected chi connectivity index (χ1v) is 27.2. The second kappa shape index (κ2) is 29.9. The number of aliphatic hydroxyl groups is 1. The van der Waals surface area contributed by atoms with Crippen LogP contribution in [0.1, 0.15) is 48.4 Å². The number of aromatic nitrogens is 4. The van der Waals surface area contributed by atoms with Gasteiger partial charge in [-0.25, -0.2) is 4.79 Å². The van der Waals surface area contributed by atoms with Crippen molar-refractivity contribution in [3.05, 3.63) is 132 Å². The van der Waals surface area contributed by atoms with Crippen LogP contribution in [0.15, 0.2) is 110 Å². The predicted molar refractivity (Wildman–Crippen MR) is 306 cm³/mol. The first-order chi connectivity index (χ1) is 38.4. The van der Waals surface area contributed by atoms with Gasteiger partial charge in [0.05, 0.1) is 12.1 Å². The summed E-state index contributed by atoms with van der Waals surface area (Å²) in [6.07, 6.45) is 8.50. The van der Waals surface area contributed by atoms with Gasteiger partial charge in [0.15, 0.2) is 0 Å². The number of carboxylic acid groups (broad SMARTS) is 1. The van der Waals surface area contributed by atoms with Crippen LogP contribution in [0, 0.1) is 0 Å². The summed E-state index contributed by atoms with van der Waals surface area (Å²) in [6, 6.07) is 10.3. The van der Waals surface area contributed by atoms with E-state index in [2.05, 4.69) is 77.1 Å². The fourth-order valence-corrected chi connectivity index (χ4v) is 9.57. The summed E-state index contributed by atoms with van der Waals surface area (Å²) in [5.74, 6) is -7.59. The van der Waals surface area contributed by atoms with Crippen molar-refractivity contribution in [2.45, 2.75) is 106 Å². The molecular weight excluding hydrogens is 1070 g/mol.